The van der Waals surface area contributed by atoms with Gasteiger partial charge < -0.3 is 10.5 Å². The maximum atomic E-state index is 11.7. The molecule has 0 amide bonds. The molecule has 96 valence electrons. The van der Waals surface area contributed by atoms with Crippen LogP contribution in [0.2, 0.25) is 0 Å². The van der Waals surface area contributed by atoms with E-state index in [2.05, 4.69) is 4.72 Å². The van der Waals surface area contributed by atoms with Crippen LogP contribution in [0.1, 0.15) is 12.0 Å². The van der Waals surface area contributed by atoms with Crippen LogP contribution in [-0.4, -0.2) is 27.9 Å². The number of anilines is 1. The molecule has 0 atom stereocenters. The minimum absolute atomic E-state index is 0.0414. The third kappa shape index (κ3) is 4.72. The molecule has 3 N–H and O–H groups in total. The molecule has 0 heterocycles. The Hall–Kier alpha value is -1.11. The summed E-state index contributed by atoms with van der Waals surface area (Å²) in [5.41, 5.74) is 6.87. The van der Waals surface area contributed by atoms with Gasteiger partial charge in [-0.15, -0.1) is 0 Å². The number of nitrogens with one attached hydrogen (secondary N) is 1. The molecule has 0 fully saturated rings. The Morgan fingerprint density at radius 1 is 1.35 bits per heavy atom. The number of hydrogen-bond acceptors (Lipinski definition) is 4. The van der Waals surface area contributed by atoms with Crippen molar-refractivity contribution in [2.45, 2.75) is 13.0 Å². The number of benzene rings is 1. The van der Waals surface area contributed by atoms with E-state index in [1.165, 1.54) is 0 Å². The first kappa shape index (κ1) is 14.0. The second kappa shape index (κ2) is 6.58. The first-order chi connectivity index (χ1) is 8.09. The van der Waals surface area contributed by atoms with E-state index in [9.17, 15) is 8.42 Å². The van der Waals surface area contributed by atoms with Crippen molar-refractivity contribution in [3.8, 4) is 0 Å². The Labute approximate surface area is 102 Å². The zero-order valence-electron chi connectivity index (χ0n) is 9.85. The van der Waals surface area contributed by atoms with Crippen LogP contribution in [-0.2, 0) is 21.3 Å². The Morgan fingerprint density at radius 2 is 2.06 bits per heavy atom. The molecule has 1 aromatic carbocycles. The lowest BCUT2D eigenvalue weighted by Crippen LogP contribution is -2.19. The topological polar surface area (TPSA) is 81.4 Å². The summed E-state index contributed by atoms with van der Waals surface area (Å²) in [4.78, 5) is 0. The number of hydrogen-bond donors (Lipinski definition) is 2. The lowest BCUT2D eigenvalue weighted by atomic mass is 10.2. The highest BCUT2D eigenvalue weighted by Gasteiger charge is 2.11. The highest BCUT2D eigenvalue weighted by Crippen LogP contribution is 2.16. The van der Waals surface area contributed by atoms with Gasteiger partial charge in [-0.05, 0) is 18.1 Å². The van der Waals surface area contributed by atoms with Crippen molar-refractivity contribution in [3.05, 3.63) is 29.8 Å². The fraction of sp³-hybridized carbons (Fsp3) is 0.455. The molecule has 6 heteroatoms. The highest BCUT2D eigenvalue weighted by molar-refractivity contribution is 7.92. The molecule has 0 aliphatic heterocycles. The maximum Gasteiger partial charge on any atom is 0.232 e. The SMILES string of the molecule is COCCCS(=O)(=O)Nc1ccccc1CN. The summed E-state index contributed by atoms with van der Waals surface area (Å²) in [6.45, 7) is 0.732. The van der Waals surface area contributed by atoms with Crippen molar-refractivity contribution in [2.75, 3.05) is 24.2 Å². The minimum atomic E-state index is -3.33. The van der Waals surface area contributed by atoms with Crippen molar-refractivity contribution in [2.24, 2.45) is 5.73 Å². The van der Waals surface area contributed by atoms with E-state index in [0.717, 1.165) is 5.56 Å². The van der Waals surface area contributed by atoms with Crippen LogP contribution in [0.15, 0.2) is 24.3 Å². The molecule has 0 unspecified atom stereocenters. The average molecular weight is 258 g/mol. The van der Waals surface area contributed by atoms with E-state index in [1.54, 1.807) is 25.3 Å². The van der Waals surface area contributed by atoms with Gasteiger partial charge in [-0.2, -0.15) is 0 Å². The molecule has 1 rings (SSSR count). The first-order valence-electron chi connectivity index (χ1n) is 5.36. The van der Waals surface area contributed by atoms with Gasteiger partial charge in [0.15, 0.2) is 0 Å². The van der Waals surface area contributed by atoms with Gasteiger partial charge in [0.1, 0.15) is 0 Å². The summed E-state index contributed by atoms with van der Waals surface area (Å²) in [5.74, 6) is 0.0414. The van der Waals surface area contributed by atoms with Crippen molar-refractivity contribution in [1.29, 1.82) is 0 Å². The van der Waals surface area contributed by atoms with E-state index in [4.69, 9.17) is 10.5 Å². The van der Waals surface area contributed by atoms with E-state index in [0.29, 0.717) is 25.3 Å². The molecule has 0 aromatic heterocycles. The maximum absolute atomic E-state index is 11.7. The zero-order valence-corrected chi connectivity index (χ0v) is 10.7. The summed E-state index contributed by atoms with van der Waals surface area (Å²) in [6.07, 6.45) is 0.469. The molecule has 0 saturated heterocycles. The van der Waals surface area contributed by atoms with Crippen LogP contribution in [0, 0.1) is 0 Å². The number of para-hydroxylation sites is 1. The molecule has 0 spiro atoms. The zero-order chi connectivity index (χ0) is 12.7. The summed E-state index contributed by atoms with van der Waals surface area (Å²) in [7, 11) is -1.78. The van der Waals surface area contributed by atoms with Crippen LogP contribution >= 0.6 is 0 Å². The molecule has 1 aromatic rings. The van der Waals surface area contributed by atoms with Gasteiger partial charge in [-0.3, -0.25) is 4.72 Å². The van der Waals surface area contributed by atoms with E-state index in [-0.39, 0.29) is 5.75 Å². The monoisotopic (exact) mass is 258 g/mol. The number of methoxy groups -OCH3 is 1. The fourth-order valence-electron chi connectivity index (χ4n) is 1.41. The average Bonchev–Trinajstić information content (AvgIpc) is 2.29. The molecule has 0 bridgehead atoms. The first-order valence-corrected chi connectivity index (χ1v) is 7.01. The van der Waals surface area contributed by atoms with Gasteiger partial charge >= 0.3 is 0 Å². The van der Waals surface area contributed by atoms with Crippen LogP contribution in [0.5, 0.6) is 0 Å². The van der Waals surface area contributed by atoms with Crippen molar-refractivity contribution in [1.82, 2.24) is 0 Å². The number of nitrogens with two attached hydrogens (primary N) is 1. The third-order valence-corrected chi connectivity index (χ3v) is 3.62. The van der Waals surface area contributed by atoms with Crippen LogP contribution in [0.4, 0.5) is 5.69 Å². The standard InChI is InChI=1S/C11H18N2O3S/c1-16-7-4-8-17(14,15)13-11-6-3-2-5-10(11)9-12/h2-3,5-6,13H,4,7-9,12H2,1H3. The van der Waals surface area contributed by atoms with Crippen LogP contribution in [0.25, 0.3) is 0 Å². The fourth-order valence-corrected chi connectivity index (χ4v) is 2.54. The second-order valence-corrected chi connectivity index (χ2v) is 5.47. The summed E-state index contributed by atoms with van der Waals surface area (Å²) >= 11 is 0. The number of rotatable bonds is 7. The minimum Gasteiger partial charge on any atom is -0.385 e. The largest absolute Gasteiger partial charge is 0.385 e. The van der Waals surface area contributed by atoms with Crippen molar-refractivity contribution in [3.63, 3.8) is 0 Å². The summed E-state index contributed by atoms with van der Waals surface area (Å²) < 4.78 is 30.8. The van der Waals surface area contributed by atoms with Crippen LogP contribution < -0.4 is 10.5 Å². The lowest BCUT2D eigenvalue weighted by Gasteiger charge is -2.11. The third-order valence-electron chi connectivity index (χ3n) is 2.26. The molecule has 0 saturated carbocycles. The van der Waals surface area contributed by atoms with Gasteiger partial charge in [-0.1, -0.05) is 18.2 Å². The quantitative estimate of drug-likeness (QED) is 0.713. The Bertz CT molecular complexity index is 446. The highest BCUT2D eigenvalue weighted by atomic mass is 32.2. The van der Waals surface area contributed by atoms with Gasteiger partial charge in [0.05, 0.1) is 11.4 Å². The van der Waals surface area contributed by atoms with Crippen molar-refractivity contribution >= 4 is 15.7 Å². The van der Waals surface area contributed by atoms with Gasteiger partial charge in [-0.25, -0.2) is 8.42 Å². The molecule has 5 nitrogen and oxygen atoms in total. The number of ether oxygens (including phenoxy) is 1. The van der Waals surface area contributed by atoms with E-state index in [1.807, 2.05) is 6.07 Å². The summed E-state index contributed by atoms with van der Waals surface area (Å²) in [6, 6.07) is 7.10. The van der Waals surface area contributed by atoms with Crippen molar-refractivity contribution < 1.29 is 13.2 Å². The normalized spacial score (nSPS) is 11.4. The smallest absolute Gasteiger partial charge is 0.232 e. The lowest BCUT2D eigenvalue weighted by molar-refractivity contribution is 0.199. The Kier molecular flexibility index (Phi) is 5.40. The predicted octanol–water partition coefficient (Wildman–Crippen LogP) is 0.924. The Morgan fingerprint density at radius 3 is 2.71 bits per heavy atom. The number of sulfonamides is 1. The Balaban J connectivity index is 2.69. The van der Waals surface area contributed by atoms with Gasteiger partial charge in [0, 0.05) is 20.3 Å². The van der Waals surface area contributed by atoms with Gasteiger partial charge in [0.2, 0.25) is 10.0 Å². The molecular formula is C11H18N2O3S. The van der Waals surface area contributed by atoms with Gasteiger partial charge in [0.25, 0.3) is 0 Å². The second-order valence-electron chi connectivity index (χ2n) is 3.63. The molecule has 17 heavy (non-hydrogen) atoms. The van der Waals surface area contributed by atoms with Crippen LogP contribution in [0.3, 0.4) is 0 Å². The molecular weight excluding hydrogens is 240 g/mol. The summed E-state index contributed by atoms with van der Waals surface area (Å²) in [5, 5.41) is 0. The van der Waals surface area contributed by atoms with E-state index >= 15 is 0 Å². The molecule has 0 aliphatic carbocycles. The molecule has 0 aliphatic rings. The molecule has 0 radical (unpaired) electrons. The van der Waals surface area contributed by atoms with E-state index < -0.39 is 10.0 Å². The predicted molar refractivity (Wildman–Crippen MR) is 68.2 cm³/mol.